The highest BCUT2D eigenvalue weighted by Crippen LogP contribution is 2.24. The summed E-state index contributed by atoms with van der Waals surface area (Å²) in [6, 6.07) is 3.09. The van der Waals surface area contributed by atoms with Crippen LogP contribution in [0, 0.1) is 5.82 Å². The summed E-state index contributed by atoms with van der Waals surface area (Å²) in [5.74, 6) is -14.8. The lowest BCUT2D eigenvalue weighted by Gasteiger charge is -2.27. The fourth-order valence-corrected chi connectivity index (χ4v) is 13.7. The van der Waals surface area contributed by atoms with Gasteiger partial charge in [-0.3, -0.25) is 76.9 Å². The van der Waals surface area contributed by atoms with Crippen LogP contribution < -0.4 is 86.3 Å². The van der Waals surface area contributed by atoms with Crippen molar-refractivity contribution in [3.05, 3.63) is 71.5 Å². The van der Waals surface area contributed by atoms with Crippen LogP contribution in [0.5, 0.6) is 0 Å². The minimum Gasteiger partial charge on any atom is -0.481 e. The standard InChI is InChI=1S/C75H115FN18O27S3/c76-52-13-11-51(12-14-52)39-87-121-45-65(100)83-19-23-113-27-31-117-34-36-118-35-33-116-30-26-112-22-18-82-64(99)44-120-43-62(97)80-15-5-4-9-54-70(106)93-58-47-123-124-48-59(94-72(108)56(38-67(102)103)89-61(96)40-86-68(104)53(90-73(58)109)10-6-16-85-75(78)79)74(110)91-55(37-50-7-2-1-3-8-50)71(107)92-57(46-122-49-66(101)88-54)69(105)84-20-24-114-28-32-115-29-25-111-21-17-81-63(98)42-119-41-60(77)95/h1-3,7-8,11-14,39,53-59H,4-6,9-10,15-38,40-49H2,(H2,77,95)(H,80,97)(H,81,98)(H,82,99)(H,83,100)(H,84,105)(H,86,104)(H,88,101)(H,89,96)(H,90,109)(H,91,110)(H,92,107)(H,93,106)(H,94,108)(H,102,103)(H4,78,79,85). The van der Waals surface area contributed by atoms with Crippen molar-refractivity contribution in [2.24, 2.45) is 27.3 Å². The zero-order valence-corrected chi connectivity index (χ0v) is 71.1. The number of amides is 14. The Morgan fingerprint density at radius 2 is 0.911 bits per heavy atom. The monoisotopic (exact) mass is 1810 g/mol. The molecule has 2 bridgehead atoms. The number of aliphatic imine (C=N–C) groups is 1. The summed E-state index contributed by atoms with van der Waals surface area (Å²) in [7, 11) is 1.78. The molecule has 692 valence electrons. The summed E-state index contributed by atoms with van der Waals surface area (Å²) in [6.07, 6.45) is 0.302. The Balaban J connectivity index is 1.35. The van der Waals surface area contributed by atoms with Crippen LogP contribution in [0.15, 0.2) is 64.7 Å². The molecule has 2 aromatic carbocycles. The normalized spacial score (nSPS) is 18.5. The number of nitrogens with two attached hydrogens (primary N) is 3. The van der Waals surface area contributed by atoms with Gasteiger partial charge in [0.25, 0.3) is 5.91 Å². The van der Waals surface area contributed by atoms with Crippen molar-refractivity contribution in [1.82, 2.24) is 69.1 Å². The second-order valence-electron chi connectivity index (χ2n) is 26.7. The Morgan fingerprint density at radius 3 is 1.43 bits per heavy atom. The molecule has 7 atom stereocenters. The van der Waals surface area contributed by atoms with Crippen LogP contribution in [0.1, 0.15) is 49.7 Å². The van der Waals surface area contributed by atoms with Crippen molar-refractivity contribution in [2.45, 2.75) is 87.2 Å². The summed E-state index contributed by atoms with van der Waals surface area (Å²) in [5.41, 5.74) is 17.2. The van der Waals surface area contributed by atoms with E-state index in [1.54, 1.807) is 30.3 Å². The van der Waals surface area contributed by atoms with Crippen LogP contribution >= 0.6 is 33.3 Å². The van der Waals surface area contributed by atoms with Crippen LogP contribution in [0.3, 0.4) is 0 Å². The number of nitrogens with zero attached hydrogens (tertiary/aromatic N) is 2. The lowest BCUT2D eigenvalue weighted by molar-refractivity contribution is -0.141. The SMILES string of the molecule is NC(=O)COCC(=O)NCCOCCOCCOCCNC(=O)C1CSCC(=O)NC(CCCCNC(=O)COCC(=O)NCCOCCOCCOCCOCCOCCNC(=O)CON=Cc2ccc(F)cc2)C(=O)NC2CSSCC(NC(=O)C(CC(=O)O)NC(=O)CNC(=O)C(CCCN=C(N)N)NC2=O)C(=O)NC(Cc2ccccc2)C(=O)N1. The Hall–Kier alpha value is -10.2. The smallest absolute Gasteiger partial charge is 0.305 e. The second kappa shape index (κ2) is 66.3. The first-order valence-corrected chi connectivity index (χ1v) is 43.3. The molecule has 2 aromatic rings. The number of benzene rings is 2. The summed E-state index contributed by atoms with van der Waals surface area (Å²) < 4.78 is 67.1. The number of fused-ring (bicyclic) bond motifs is 5. The molecule has 0 aliphatic carbocycles. The van der Waals surface area contributed by atoms with E-state index in [0.717, 1.165) is 33.3 Å². The van der Waals surface area contributed by atoms with Crippen molar-refractivity contribution in [3.63, 3.8) is 0 Å². The highest BCUT2D eigenvalue weighted by molar-refractivity contribution is 8.76. The van der Waals surface area contributed by atoms with Gasteiger partial charge < -0.3 is 144 Å². The van der Waals surface area contributed by atoms with Crippen molar-refractivity contribution in [3.8, 4) is 0 Å². The van der Waals surface area contributed by atoms with Gasteiger partial charge in [0.2, 0.25) is 76.8 Å². The molecule has 0 radical (unpaired) electrons. The van der Waals surface area contributed by atoms with Gasteiger partial charge in [-0.25, -0.2) is 4.39 Å². The highest BCUT2D eigenvalue weighted by Gasteiger charge is 2.36. The first-order chi connectivity index (χ1) is 59.8. The predicted octanol–water partition coefficient (Wildman–Crippen LogP) is -7.00. The lowest BCUT2D eigenvalue weighted by Crippen LogP contribution is -2.60. The molecular formula is C75H115FN18O27S3. The number of hydrogen-bond acceptors (Lipinski definition) is 31. The van der Waals surface area contributed by atoms with Gasteiger partial charge in [-0.2, -0.15) is 0 Å². The lowest BCUT2D eigenvalue weighted by atomic mass is 10.0. The number of carboxylic acid groups (broad SMARTS) is 1. The molecule has 14 amide bonds. The Morgan fingerprint density at radius 1 is 0.460 bits per heavy atom. The molecule has 2 fully saturated rings. The van der Waals surface area contributed by atoms with Gasteiger partial charge in [-0.15, -0.1) is 11.8 Å². The van der Waals surface area contributed by atoms with Crippen molar-refractivity contribution in [1.29, 1.82) is 0 Å². The fraction of sp³-hybridized carbons (Fsp3) is 0.613. The van der Waals surface area contributed by atoms with E-state index in [-0.39, 0.29) is 186 Å². The molecule has 7 unspecified atom stereocenters. The maximum absolute atomic E-state index is 14.7. The first-order valence-electron chi connectivity index (χ1n) is 39.7. The number of ether oxygens (including phenoxy) is 10. The number of thioether (sulfide) groups is 1. The number of nitrogens with one attached hydrogen (secondary N) is 13. The number of guanidine groups is 1. The number of oxime groups is 1. The van der Waals surface area contributed by atoms with E-state index in [0.29, 0.717) is 50.8 Å². The Labute approximate surface area is 727 Å². The molecule has 0 saturated carbocycles. The molecule has 49 heteroatoms. The van der Waals surface area contributed by atoms with Crippen LogP contribution in [0.25, 0.3) is 0 Å². The molecule has 20 N–H and O–H groups in total. The molecule has 2 aliphatic rings. The third-order valence-corrected chi connectivity index (χ3v) is 20.0. The Kier molecular flexibility index (Phi) is 56.8. The van der Waals surface area contributed by atoms with Gasteiger partial charge in [0.1, 0.15) is 74.5 Å². The molecule has 2 aliphatic heterocycles. The largest absolute Gasteiger partial charge is 0.481 e. The average molecular weight is 1820 g/mol. The highest BCUT2D eigenvalue weighted by atomic mass is 33.1. The number of unbranched alkanes of at least 4 members (excludes halogenated alkanes) is 1. The maximum Gasteiger partial charge on any atom is 0.305 e. The second-order valence-corrected chi connectivity index (χ2v) is 30.3. The predicted molar refractivity (Wildman–Crippen MR) is 447 cm³/mol. The zero-order chi connectivity index (χ0) is 90.2. The van der Waals surface area contributed by atoms with Crippen LogP contribution in [-0.4, -0.2) is 356 Å². The first kappa shape index (κ1) is 106. The van der Waals surface area contributed by atoms with Crippen LogP contribution in [0.4, 0.5) is 4.39 Å². The summed E-state index contributed by atoms with van der Waals surface area (Å²) in [5, 5.41) is 47.1. The molecule has 0 spiro atoms. The summed E-state index contributed by atoms with van der Waals surface area (Å²) in [4.78, 5) is 209. The van der Waals surface area contributed by atoms with E-state index < -0.39 is 169 Å². The average Bonchev–Trinajstić information content (AvgIpc) is 0.978. The van der Waals surface area contributed by atoms with E-state index >= 15 is 0 Å². The van der Waals surface area contributed by atoms with Crippen LogP contribution in [0.2, 0.25) is 0 Å². The van der Waals surface area contributed by atoms with Crippen molar-refractivity contribution < 1.29 is 134 Å². The third kappa shape index (κ3) is 52.4. The quantitative estimate of drug-likeness (QED) is 0.00962. The molecular weight excluding hydrogens is 1700 g/mol. The number of carboxylic acids is 1. The Bertz CT molecular complexity index is 3670. The minimum absolute atomic E-state index is 0.0224. The van der Waals surface area contributed by atoms with E-state index in [4.69, 9.17) is 69.4 Å². The fourth-order valence-electron chi connectivity index (χ4n) is 10.5. The molecule has 2 saturated heterocycles. The number of halogens is 1. The van der Waals surface area contributed by atoms with E-state index in [9.17, 15) is 81.4 Å². The van der Waals surface area contributed by atoms with Gasteiger partial charge in [-0.05, 0) is 55.4 Å². The van der Waals surface area contributed by atoms with Crippen molar-refractivity contribution in [2.75, 3.05) is 208 Å². The zero-order valence-electron chi connectivity index (χ0n) is 68.7. The minimum atomic E-state index is -1.85. The van der Waals surface area contributed by atoms with E-state index in [2.05, 4.69) is 79.3 Å². The van der Waals surface area contributed by atoms with Gasteiger partial charge in [-0.1, -0.05) is 69.2 Å². The molecule has 2 heterocycles. The molecule has 45 nitrogen and oxygen atoms in total. The number of rotatable bonds is 56. The summed E-state index contributed by atoms with van der Waals surface area (Å²) >= 11 is 0.865. The van der Waals surface area contributed by atoms with Gasteiger partial charge in [0.15, 0.2) is 12.6 Å². The maximum atomic E-state index is 14.7. The van der Waals surface area contributed by atoms with Gasteiger partial charge in [0, 0.05) is 62.9 Å². The molecule has 0 aromatic heterocycles. The number of carbonyl (C=O) groups is 15. The van der Waals surface area contributed by atoms with E-state index in [1.807, 2.05) is 0 Å². The number of carbonyl (C=O) groups excluding carboxylic acids is 14. The van der Waals surface area contributed by atoms with Crippen molar-refractivity contribution >= 4 is 134 Å². The van der Waals surface area contributed by atoms with Crippen LogP contribution in [-0.2, 0) is 131 Å². The van der Waals surface area contributed by atoms with Gasteiger partial charge >= 0.3 is 5.97 Å². The molecule has 4 rings (SSSR count). The number of hydrogen-bond donors (Lipinski definition) is 17. The summed E-state index contributed by atoms with van der Waals surface area (Å²) in [6.45, 7) is 1.00. The topological polar surface area (TPSA) is 637 Å². The third-order valence-electron chi connectivity index (χ3n) is 16.6. The number of primary amides is 1. The van der Waals surface area contributed by atoms with E-state index in [1.165, 1.54) is 30.5 Å². The molecule has 124 heavy (non-hydrogen) atoms. The van der Waals surface area contributed by atoms with Gasteiger partial charge in [0.05, 0.1) is 131 Å². The number of aliphatic carboxylic acids is 1.